The van der Waals surface area contributed by atoms with Gasteiger partial charge in [0.25, 0.3) is 0 Å². The maximum Gasteiger partial charge on any atom is 0.0665 e. The summed E-state index contributed by atoms with van der Waals surface area (Å²) in [7, 11) is 0. The highest BCUT2D eigenvalue weighted by atomic mass is 127. The van der Waals surface area contributed by atoms with Gasteiger partial charge in [0.15, 0.2) is 0 Å². The molecule has 0 aliphatic carbocycles. The topological polar surface area (TPSA) is 26.0 Å². The first-order valence-corrected chi connectivity index (χ1v) is 7.54. The van der Waals surface area contributed by atoms with Crippen LogP contribution in [0.15, 0.2) is 27.4 Å². The van der Waals surface area contributed by atoms with E-state index in [0.29, 0.717) is 0 Å². The van der Waals surface area contributed by atoms with Crippen LogP contribution in [-0.4, -0.2) is 0 Å². The van der Waals surface area contributed by atoms with E-state index < -0.39 is 0 Å². The van der Waals surface area contributed by atoms with E-state index in [4.69, 9.17) is 5.73 Å². The Balaban J connectivity index is 2.33. The first-order chi connectivity index (χ1) is 6.68. The molecule has 2 aromatic rings. The molecule has 0 radical (unpaired) electrons. The number of thiophene rings is 2. The molecule has 0 aromatic carbocycles. The molecule has 0 aliphatic heterocycles. The standard InChI is InChI=1S/C9H7BrINS2/c10-6-1-2-13-9(6)8(12)5-3-7(11)14-4-5/h1-4,8H,12H2. The van der Waals surface area contributed by atoms with Crippen molar-refractivity contribution in [3.8, 4) is 0 Å². The minimum absolute atomic E-state index is 0.00383. The highest BCUT2D eigenvalue weighted by Crippen LogP contribution is 2.33. The molecular weight excluding hydrogens is 393 g/mol. The average molecular weight is 400 g/mol. The Hall–Kier alpha value is 0.570. The van der Waals surface area contributed by atoms with Crippen LogP contribution < -0.4 is 5.73 Å². The van der Waals surface area contributed by atoms with E-state index in [2.05, 4.69) is 55.3 Å². The van der Waals surface area contributed by atoms with Crippen LogP contribution >= 0.6 is 61.2 Å². The third-order valence-electron chi connectivity index (χ3n) is 1.87. The number of rotatable bonds is 2. The Kier molecular flexibility index (Phi) is 3.64. The van der Waals surface area contributed by atoms with Crippen LogP contribution in [0, 0.1) is 2.88 Å². The molecule has 1 nitrogen and oxygen atoms in total. The van der Waals surface area contributed by atoms with Crippen LogP contribution in [0.2, 0.25) is 0 Å². The van der Waals surface area contributed by atoms with Crippen molar-refractivity contribution in [2.45, 2.75) is 6.04 Å². The van der Waals surface area contributed by atoms with Crippen LogP contribution in [0.5, 0.6) is 0 Å². The zero-order valence-corrected chi connectivity index (χ0v) is 12.4. The lowest BCUT2D eigenvalue weighted by Gasteiger charge is -2.07. The van der Waals surface area contributed by atoms with Crippen LogP contribution in [0.25, 0.3) is 0 Å². The molecule has 74 valence electrons. The van der Waals surface area contributed by atoms with Gasteiger partial charge in [0, 0.05) is 9.35 Å². The van der Waals surface area contributed by atoms with E-state index in [0.717, 1.165) is 4.47 Å². The molecule has 0 spiro atoms. The van der Waals surface area contributed by atoms with E-state index in [1.165, 1.54) is 13.3 Å². The van der Waals surface area contributed by atoms with Gasteiger partial charge in [-0.15, -0.1) is 22.7 Å². The van der Waals surface area contributed by atoms with Crippen LogP contribution in [0.4, 0.5) is 0 Å². The van der Waals surface area contributed by atoms with Crippen LogP contribution in [-0.2, 0) is 0 Å². The van der Waals surface area contributed by atoms with Gasteiger partial charge in [0.05, 0.1) is 8.93 Å². The summed E-state index contributed by atoms with van der Waals surface area (Å²) in [6.07, 6.45) is 0. The summed E-state index contributed by atoms with van der Waals surface area (Å²) in [6, 6.07) is 4.18. The fraction of sp³-hybridized carbons (Fsp3) is 0.111. The van der Waals surface area contributed by atoms with E-state index >= 15 is 0 Å². The Labute approximate surface area is 113 Å². The third-order valence-corrected chi connectivity index (χ3v) is 5.64. The second-order valence-corrected chi connectivity index (χ2v) is 7.40. The molecule has 0 bridgehead atoms. The van der Waals surface area contributed by atoms with Gasteiger partial charge in [-0.3, -0.25) is 0 Å². The highest BCUT2D eigenvalue weighted by Gasteiger charge is 2.14. The summed E-state index contributed by atoms with van der Waals surface area (Å²) in [6.45, 7) is 0. The van der Waals surface area contributed by atoms with Gasteiger partial charge in [-0.1, -0.05) is 0 Å². The van der Waals surface area contributed by atoms with Gasteiger partial charge in [0.1, 0.15) is 0 Å². The normalized spacial score (nSPS) is 13.1. The molecule has 5 heteroatoms. The molecule has 2 heterocycles. The molecule has 0 amide bonds. The molecule has 0 saturated heterocycles. The Morgan fingerprint density at radius 1 is 1.43 bits per heavy atom. The molecule has 1 unspecified atom stereocenters. The summed E-state index contributed by atoms with van der Waals surface area (Å²) < 4.78 is 2.39. The van der Waals surface area contributed by atoms with Crippen LogP contribution in [0.1, 0.15) is 16.5 Å². The largest absolute Gasteiger partial charge is 0.320 e. The first-order valence-electron chi connectivity index (χ1n) is 3.91. The van der Waals surface area contributed by atoms with Gasteiger partial charge in [-0.2, -0.15) is 0 Å². The van der Waals surface area contributed by atoms with Gasteiger partial charge >= 0.3 is 0 Å². The molecule has 0 aliphatic rings. The lowest BCUT2D eigenvalue weighted by molar-refractivity contribution is 0.894. The summed E-state index contributed by atoms with van der Waals surface area (Å²) >= 11 is 9.24. The van der Waals surface area contributed by atoms with Gasteiger partial charge < -0.3 is 5.73 Å². The molecule has 0 fully saturated rings. The third kappa shape index (κ3) is 2.21. The fourth-order valence-corrected chi connectivity index (χ4v) is 4.22. The minimum atomic E-state index is 0.00383. The molecule has 2 N–H and O–H groups in total. The predicted octanol–water partition coefficient (Wildman–Crippen LogP) is 4.22. The lowest BCUT2D eigenvalue weighted by atomic mass is 10.1. The summed E-state index contributed by atoms with van der Waals surface area (Å²) in [5.41, 5.74) is 7.36. The first kappa shape index (κ1) is 11.1. The van der Waals surface area contributed by atoms with E-state index in [1.54, 1.807) is 22.7 Å². The van der Waals surface area contributed by atoms with Crippen molar-refractivity contribution in [1.29, 1.82) is 0 Å². The van der Waals surface area contributed by atoms with Crippen molar-refractivity contribution >= 4 is 61.2 Å². The SMILES string of the molecule is NC(c1csc(I)c1)c1sccc1Br. The van der Waals surface area contributed by atoms with Crippen LogP contribution in [0.3, 0.4) is 0 Å². The molecule has 1 atom stereocenters. The minimum Gasteiger partial charge on any atom is -0.320 e. The molecule has 0 saturated carbocycles. The van der Waals surface area contributed by atoms with Crippen molar-refractivity contribution in [1.82, 2.24) is 0 Å². The van der Waals surface area contributed by atoms with Crippen molar-refractivity contribution in [2.24, 2.45) is 5.73 Å². The fourth-order valence-electron chi connectivity index (χ4n) is 1.17. The van der Waals surface area contributed by atoms with Crippen molar-refractivity contribution in [3.05, 3.63) is 40.7 Å². The highest BCUT2D eigenvalue weighted by molar-refractivity contribution is 14.1. The summed E-state index contributed by atoms with van der Waals surface area (Å²) in [5, 5.41) is 4.18. The molecule has 2 aromatic heterocycles. The van der Waals surface area contributed by atoms with Crippen molar-refractivity contribution < 1.29 is 0 Å². The summed E-state index contributed by atoms with van der Waals surface area (Å²) in [4.78, 5) is 1.19. The van der Waals surface area contributed by atoms with E-state index in [9.17, 15) is 0 Å². The van der Waals surface area contributed by atoms with Crippen molar-refractivity contribution in [3.63, 3.8) is 0 Å². The number of nitrogens with two attached hydrogens (primary N) is 1. The predicted molar refractivity (Wildman–Crippen MR) is 75.1 cm³/mol. The van der Waals surface area contributed by atoms with Gasteiger partial charge in [-0.25, -0.2) is 0 Å². The summed E-state index contributed by atoms with van der Waals surface area (Å²) in [5.74, 6) is 0. The smallest absolute Gasteiger partial charge is 0.0665 e. The number of hydrogen-bond donors (Lipinski definition) is 1. The monoisotopic (exact) mass is 399 g/mol. The second kappa shape index (κ2) is 4.61. The zero-order chi connectivity index (χ0) is 10.1. The number of halogens is 2. The average Bonchev–Trinajstić information content (AvgIpc) is 2.73. The lowest BCUT2D eigenvalue weighted by Crippen LogP contribution is -2.09. The molecular formula is C9H7BrINS2. The Morgan fingerprint density at radius 3 is 2.71 bits per heavy atom. The molecule has 2 rings (SSSR count). The van der Waals surface area contributed by atoms with Gasteiger partial charge in [-0.05, 0) is 67.0 Å². The Bertz CT molecular complexity index is 437. The second-order valence-electron chi connectivity index (χ2n) is 2.79. The van der Waals surface area contributed by atoms with Gasteiger partial charge in [0.2, 0.25) is 0 Å². The van der Waals surface area contributed by atoms with Crippen molar-refractivity contribution in [2.75, 3.05) is 0 Å². The van der Waals surface area contributed by atoms with E-state index in [1.807, 2.05) is 6.07 Å². The Morgan fingerprint density at radius 2 is 2.21 bits per heavy atom. The number of hydrogen-bond acceptors (Lipinski definition) is 3. The van der Waals surface area contributed by atoms with E-state index in [-0.39, 0.29) is 6.04 Å². The maximum absolute atomic E-state index is 6.16. The zero-order valence-electron chi connectivity index (χ0n) is 7.04. The molecule has 14 heavy (non-hydrogen) atoms. The maximum atomic E-state index is 6.16. The quantitative estimate of drug-likeness (QED) is 0.751.